The molecule has 168 valence electrons. The molecule has 1 fully saturated rings. The summed E-state index contributed by atoms with van der Waals surface area (Å²) in [6.07, 6.45) is 11.5. The van der Waals surface area contributed by atoms with Crippen molar-refractivity contribution in [2.45, 2.75) is 50.9 Å². The molecule has 3 rings (SSSR count). The number of aliphatic hydroxyl groups is 1. The van der Waals surface area contributed by atoms with E-state index in [-0.39, 0.29) is 11.8 Å². The molecule has 0 saturated heterocycles. The first-order chi connectivity index (χ1) is 15.3. The first kappa shape index (κ1) is 23.5. The molecule has 1 saturated carbocycles. The van der Waals surface area contributed by atoms with E-state index in [1.807, 2.05) is 36.4 Å². The minimum absolute atomic E-state index is 0.144. The van der Waals surface area contributed by atoms with Crippen LogP contribution in [0, 0.1) is 17.8 Å². The summed E-state index contributed by atoms with van der Waals surface area (Å²) < 4.78 is 0. The summed E-state index contributed by atoms with van der Waals surface area (Å²) in [5, 5.41) is 13.2. The quantitative estimate of drug-likeness (QED) is 0.547. The number of primary amides is 1. The van der Waals surface area contributed by atoms with Crippen molar-refractivity contribution in [1.29, 1.82) is 0 Å². The van der Waals surface area contributed by atoms with Crippen LogP contribution in [0.25, 0.3) is 0 Å². The van der Waals surface area contributed by atoms with Gasteiger partial charge in [-0.3, -0.25) is 9.59 Å². The molecule has 0 heterocycles. The number of likely N-dealkylation sites (N-methyl/N-ethyl adjacent to an activating group) is 1. The molecular weight excluding hydrogens is 402 g/mol. The van der Waals surface area contributed by atoms with Crippen molar-refractivity contribution in [3.05, 3.63) is 71.3 Å². The van der Waals surface area contributed by atoms with E-state index in [9.17, 15) is 14.7 Å². The predicted octanol–water partition coefficient (Wildman–Crippen LogP) is 2.04. The third-order valence-corrected chi connectivity index (χ3v) is 5.64. The van der Waals surface area contributed by atoms with Gasteiger partial charge in [0.25, 0.3) is 5.91 Å². The Balaban J connectivity index is 1.49. The summed E-state index contributed by atoms with van der Waals surface area (Å²) >= 11 is 0. The molecule has 6 nitrogen and oxygen atoms in total. The standard InChI is InChI=1S/C26H31N3O3/c1-18(30)24(25(27)31)29(2)26(32)22-13-11-20(12-14-22)6-4-3-5-19-7-9-21(10-8-19)17-28-23-15-16-23/h4,6-11,13-14,18,20,23-24,28,30H,12,15-17H2,1-2H3,(H2,27,31)/b6-4+. The smallest absolute Gasteiger partial charge is 0.254 e. The molecule has 6 heteroatoms. The maximum Gasteiger partial charge on any atom is 0.254 e. The number of benzene rings is 1. The van der Waals surface area contributed by atoms with Crippen LogP contribution >= 0.6 is 0 Å². The van der Waals surface area contributed by atoms with Crippen LogP contribution in [0.2, 0.25) is 0 Å². The highest BCUT2D eigenvalue weighted by Gasteiger charge is 2.30. The third kappa shape index (κ3) is 6.68. The molecule has 2 aliphatic rings. The Morgan fingerprint density at radius 2 is 2.03 bits per heavy atom. The second-order valence-electron chi connectivity index (χ2n) is 8.40. The van der Waals surface area contributed by atoms with Crippen molar-refractivity contribution in [3.8, 4) is 11.8 Å². The van der Waals surface area contributed by atoms with Gasteiger partial charge in [0.2, 0.25) is 5.91 Å². The maximum absolute atomic E-state index is 12.6. The SMILES string of the molecule is CC(O)C(C(N)=O)N(C)C(=O)C1=CCC(/C=C/C#Cc2ccc(CNC3CC3)cc2)C=C1. The normalized spacial score (nSPS) is 19.6. The van der Waals surface area contributed by atoms with Gasteiger partial charge in [-0.05, 0) is 55.9 Å². The van der Waals surface area contributed by atoms with Gasteiger partial charge < -0.3 is 21.1 Å². The fourth-order valence-corrected chi connectivity index (χ4v) is 3.57. The lowest BCUT2D eigenvalue weighted by Gasteiger charge is -2.28. The molecular formula is C26H31N3O3. The highest BCUT2D eigenvalue weighted by atomic mass is 16.3. The average Bonchev–Trinajstić information content (AvgIpc) is 3.60. The molecule has 1 aromatic carbocycles. The first-order valence-corrected chi connectivity index (χ1v) is 11.0. The Labute approximate surface area is 189 Å². The molecule has 0 bridgehead atoms. The molecule has 3 unspecified atom stereocenters. The van der Waals surface area contributed by atoms with Crippen LogP contribution in [0.1, 0.15) is 37.3 Å². The summed E-state index contributed by atoms with van der Waals surface area (Å²) in [6.45, 7) is 2.34. The topological polar surface area (TPSA) is 95.7 Å². The zero-order chi connectivity index (χ0) is 23.1. The van der Waals surface area contributed by atoms with Gasteiger partial charge in [0.1, 0.15) is 6.04 Å². The molecule has 0 spiro atoms. The lowest BCUT2D eigenvalue weighted by atomic mass is 9.95. The van der Waals surface area contributed by atoms with Crippen LogP contribution in [-0.2, 0) is 16.1 Å². The number of hydrogen-bond donors (Lipinski definition) is 3. The molecule has 1 aromatic rings. The number of aliphatic hydroxyl groups excluding tert-OH is 1. The largest absolute Gasteiger partial charge is 0.391 e. The van der Waals surface area contributed by atoms with Crippen molar-refractivity contribution in [2.75, 3.05) is 7.05 Å². The summed E-state index contributed by atoms with van der Waals surface area (Å²) in [5.41, 5.74) is 8.04. The number of carbonyl (C=O) groups is 2. The number of nitrogens with two attached hydrogens (primary N) is 1. The molecule has 0 aliphatic heterocycles. The Bertz CT molecular complexity index is 976. The lowest BCUT2D eigenvalue weighted by molar-refractivity contribution is -0.138. The minimum atomic E-state index is -1.06. The highest BCUT2D eigenvalue weighted by molar-refractivity contribution is 5.99. The summed E-state index contributed by atoms with van der Waals surface area (Å²) in [7, 11) is 1.47. The minimum Gasteiger partial charge on any atom is -0.391 e. The van der Waals surface area contributed by atoms with Crippen molar-refractivity contribution in [1.82, 2.24) is 10.2 Å². The molecule has 0 aromatic heterocycles. The Kier molecular flexibility index (Phi) is 8.04. The van der Waals surface area contributed by atoms with Gasteiger partial charge in [0.15, 0.2) is 0 Å². The number of nitrogens with one attached hydrogen (secondary N) is 1. The number of rotatable bonds is 8. The number of hydrogen-bond acceptors (Lipinski definition) is 4. The number of allylic oxidation sites excluding steroid dienone is 4. The molecule has 4 N–H and O–H groups in total. The van der Waals surface area contributed by atoms with Gasteiger partial charge in [-0.15, -0.1) is 0 Å². The van der Waals surface area contributed by atoms with E-state index in [2.05, 4.69) is 29.3 Å². The second-order valence-corrected chi connectivity index (χ2v) is 8.40. The van der Waals surface area contributed by atoms with E-state index < -0.39 is 18.1 Å². The third-order valence-electron chi connectivity index (χ3n) is 5.64. The number of nitrogens with zero attached hydrogens (tertiary/aromatic N) is 1. The average molecular weight is 434 g/mol. The number of amides is 2. The van der Waals surface area contributed by atoms with Crippen LogP contribution in [0.3, 0.4) is 0 Å². The first-order valence-electron chi connectivity index (χ1n) is 11.0. The monoisotopic (exact) mass is 433 g/mol. The van der Waals surface area contributed by atoms with Crippen molar-refractivity contribution < 1.29 is 14.7 Å². The van der Waals surface area contributed by atoms with E-state index in [1.165, 1.54) is 37.3 Å². The molecule has 0 radical (unpaired) electrons. The fourth-order valence-electron chi connectivity index (χ4n) is 3.57. The number of carbonyl (C=O) groups excluding carboxylic acids is 2. The van der Waals surface area contributed by atoms with E-state index in [4.69, 9.17) is 5.73 Å². The molecule has 2 aliphatic carbocycles. The van der Waals surface area contributed by atoms with Gasteiger partial charge in [-0.1, -0.05) is 48.3 Å². The summed E-state index contributed by atoms with van der Waals surface area (Å²) in [6, 6.07) is 7.92. The van der Waals surface area contributed by atoms with Crippen molar-refractivity contribution in [2.24, 2.45) is 11.7 Å². The maximum atomic E-state index is 12.6. The van der Waals surface area contributed by atoms with Crippen LogP contribution in [-0.4, -0.2) is 47.1 Å². The zero-order valence-corrected chi connectivity index (χ0v) is 18.6. The summed E-state index contributed by atoms with van der Waals surface area (Å²) in [4.78, 5) is 25.4. The van der Waals surface area contributed by atoms with E-state index in [1.54, 1.807) is 6.08 Å². The predicted molar refractivity (Wildman–Crippen MR) is 125 cm³/mol. The van der Waals surface area contributed by atoms with Crippen LogP contribution in [0.4, 0.5) is 0 Å². The van der Waals surface area contributed by atoms with Gasteiger partial charge in [-0.25, -0.2) is 0 Å². The highest BCUT2D eigenvalue weighted by Crippen LogP contribution is 2.20. The Hall–Kier alpha value is -3.14. The lowest BCUT2D eigenvalue weighted by Crippen LogP contribution is -2.51. The Morgan fingerprint density at radius 1 is 1.31 bits per heavy atom. The van der Waals surface area contributed by atoms with Crippen molar-refractivity contribution >= 4 is 11.8 Å². The van der Waals surface area contributed by atoms with E-state index in [0.29, 0.717) is 18.0 Å². The molecule has 2 amide bonds. The van der Waals surface area contributed by atoms with Gasteiger partial charge in [0, 0.05) is 30.8 Å². The molecule has 3 atom stereocenters. The van der Waals surface area contributed by atoms with Gasteiger partial charge >= 0.3 is 0 Å². The van der Waals surface area contributed by atoms with Crippen LogP contribution in [0.15, 0.2) is 60.2 Å². The fraction of sp³-hybridized carbons (Fsp3) is 0.385. The second kappa shape index (κ2) is 10.9. The van der Waals surface area contributed by atoms with Crippen LogP contribution in [0.5, 0.6) is 0 Å². The van der Waals surface area contributed by atoms with Crippen molar-refractivity contribution in [3.63, 3.8) is 0 Å². The Morgan fingerprint density at radius 3 is 2.59 bits per heavy atom. The van der Waals surface area contributed by atoms with Gasteiger partial charge in [0.05, 0.1) is 6.10 Å². The summed E-state index contributed by atoms with van der Waals surface area (Å²) in [5.74, 6) is 5.27. The van der Waals surface area contributed by atoms with E-state index >= 15 is 0 Å². The van der Waals surface area contributed by atoms with Gasteiger partial charge in [-0.2, -0.15) is 0 Å². The van der Waals surface area contributed by atoms with Crippen LogP contribution < -0.4 is 11.1 Å². The zero-order valence-electron chi connectivity index (χ0n) is 18.6. The molecule has 32 heavy (non-hydrogen) atoms. The van der Waals surface area contributed by atoms with E-state index in [0.717, 1.165) is 12.1 Å².